The summed E-state index contributed by atoms with van der Waals surface area (Å²) in [5, 5.41) is 11.8. The number of piperazine rings is 1. The van der Waals surface area contributed by atoms with Crippen molar-refractivity contribution in [2.24, 2.45) is 0 Å². The molecule has 0 aromatic rings. The van der Waals surface area contributed by atoms with Crippen molar-refractivity contribution in [1.29, 1.82) is 0 Å². The lowest BCUT2D eigenvalue weighted by Gasteiger charge is -2.39. The summed E-state index contributed by atoms with van der Waals surface area (Å²) in [6.07, 6.45) is 0.505. The molecular formula is C8H12N2O3. The average molecular weight is 184 g/mol. The predicted molar refractivity (Wildman–Crippen MR) is 43.8 cm³/mol. The third-order valence-corrected chi connectivity index (χ3v) is 2.61. The van der Waals surface area contributed by atoms with Crippen molar-refractivity contribution in [2.45, 2.75) is 25.0 Å². The SMILES string of the molecule is O=C1NCC(=O)N2CC[C@H](O)C[C@H]12. The summed E-state index contributed by atoms with van der Waals surface area (Å²) in [5.74, 6) is -0.185. The molecule has 0 aliphatic carbocycles. The summed E-state index contributed by atoms with van der Waals surface area (Å²) < 4.78 is 0. The Bertz CT molecular complexity index is 254. The van der Waals surface area contributed by atoms with Crippen molar-refractivity contribution >= 4 is 11.8 Å². The van der Waals surface area contributed by atoms with Gasteiger partial charge in [0.25, 0.3) is 0 Å². The van der Waals surface area contributed by atoms with Crippen LogP contribution >= 0.6 is 0 Å². The molecule has 5 nitrogen and oxygen atoms in total. The Kier molecular flexibility index (Phi) is 1.95. The zero-order chi connectivity index (χ0) is 9.42. The highest BCUT2D eigenvalue weighted by molar-refractivity contribution is 5.94. The second kappa shape index (κ2) is 2.99. The highest BCUT2D eigenvalue weighted by Gasteiger charge is 2.38. The Labute approximate surface area is 75.7 Å². The van der Waals surface area contributed by atoms with Gasteiger partial charge in [-0.2, -0.15) is 0 Å². The van der Waals surface area contributed by atoms with Crippen LogP contribution in [0.2, 0.25) is 0 Å². The van der Waals surface area contributed by atoms with Crippen molar-refractivity contribution in [3.05, 3.63) is 0 Å². The van der Waals surface area contributed by atoms with Gasteiger partial charge in [-0.1, -0.05) is 0 Å². The van der Waals surface area contributed by atoms with Crippen molar-refractivity contribution < 1.29 is 14.7 Å². The van der Waals surface area contributed by atoms with E-state index in [1.54, 1.807) is 4.90 Å². The van der Waals surface area contributed by atoms with Crippen molar-refractivity contribution in [3.8, 4) is 0 Å². The second-order valence-corrected chi connectivity index (χ2v) is 3.50. The number of hydrogen-bond donors (Lipinski definition) is 2. The number of nitrogens with zero attached hydrogens (tertiary/aromatic N) is 1. The van der Waals surface area contributed by atoms with E-state index in [4.69, 9.17) is 0 Å². The first-order valence-corrected chi connectivity index (χ1v) is 4.44. The van der Waals surface area contributed by atoms with Crippen LogP contribution in [0.4, 0.5) is 0 Å². The van der Waals surface area contributed by atoms with E-state index in [9.17, 15) is 14.7 Å². The summed E-state index contributed by atoms with van der Waals surface area (Å²) in [6.45, 7) is 0.601. The number of fused-ring (bicyclic) bond motifs is 1. The zero-order valence-electron chi connectivity index (χ0n) is 7.19. The van der Waals surface area contributed by atoms with Gasteiger partial charge < -0.3 is 15.3 Å². The highest BCUT2D eigenvalue weighted by Crippen LogP contribution is 2.19. The van der Waals surface area contributed by atoms with E-state index in [1.807, 2.05) is 0 Å². The monoisotopic (exact) mass is 184 g/mol. The predicted octanol–water partition coefficient (Wildman–Crippen LogP) is -1.53. The van der Waals surface area contributed by atoms with Gasteiger partial charge in [-0.15, -0.1) is 0 Å². The molecular weight excluding hydrogens is 172 g/mol. The fraction of sp³-hybridized carbons (Fsp3) is 0.750. The summed E-state index contributed by atoms with van der Waals surface area (Å²) in [4.78, 5) is 24.2. The van der Waals surface area contributed by atoms with Gasteiger partial charge in [0.2, 0.25) is 11.8 Å². The van der Waals surface area contributed by atoms with Crippen LogP contribution in [-0.2, 0) is 9.59 Å². The van der Waals surface area contributed by atoms with Gasteiger partial charge in [-0.3, -0.25) is 9.59 Å². The number of carbonyl (C=O) groups excluding carboxylic acids is 2. The van der Waals surface area contributed by atoms with E-state index in [-0.39, 0.29) is 18.4 Å². The largest absolute Gasteiger partial charge is 0.393 e. The van der Waals surface area contributed by atoms with E-state index >= 15 is 0 Å². The number of aliphatic hydroxyl groups excluding tert-OH is 1. The normalized spacial score (nSPS) is 34.1. The molecule has 13 heavy (non-hydrogen) atoms. The maximum absolute atomic E-state index is 11.3. The molecule has 0 bridgehead atoms. The average Bonchev–Trinajstić information content (AvgIpc) is 2.12. The topological polar surface area (TPSA) is 69.6 Å². The number of nitrogens with one attached hydrogen (secondary N) is 1. The van der Waals surface area contributed by atoms with Crippen LogP contribution in [0.1, 0.15) is 12.8 Å². The minimum Gasteiger partial charge on any atom is -0.393 e. The van der Waals surface area contributed by atoms with Crippen LogP contribution in [0.3, 0.4) is 0 Å². The first-order valence-electron chi connectivity index (χ1n) is 4.44. The molecule has 5 heteroatoms. The van der Waals surface area contributed by atoms with Crippen LogP contribution in [0.25, 0.3) is 0 Å². The Morgan fingerprint density at radius 2 is 2.23 bits per heavy atom. The van der Waals surface area contributed by atoms with Gasteiger partial charge in [0, 0.05) is 13.0 Å². The molecule has 0 unspecified atom stereocenters. The third-order valence-electron chi connectivity index (χ3n) is 2.61. The molecule has 2 heterocycles. The van der Waals surface area contributed by atoms with Crippen molar-refractivity contribution in [3.63, 3.8) is 0 Å². The molecule has 0 aromatic heterocycles. The molecule has 0 saturated carbocycles. The molecule has 2 atom stereocenters. The molecule has 0 aromatic carbocycles. The van der Waals surface area contributed by atoms with Gasteiger partial charge >= 0.3 is 0 Å². The highest BCUT2D eigenvalue weighted by atomic mass is 16.3. The van der Waals surface area contributed by atoms with Gasteiger partial charge in [-0.05, 0) is 6.42 Å². The first-order chi connectivity index (χ1) is 6.18. The summed E-state index contributed by atoms with van der Waals surface area (Å²) >= 11 is 0. The van der Waals surface area contributed by atoms with Crippen LogP contribution in [0, 0.1) is 0 Å². The Hall–Kier alpha value is -1.10. The van der Waals surface area contributed by atoms with Crippen LogP contribution in [-0.4, -0.2) is 47.1 Å². The Morgan fingerprint density at radius 1 is 1.46 bits per heavy atom. The molecule has 2 rings (SSSR count). The summed E-state index contributed by atoms with van der Waals surface area (Å²) in [7, 11) is 0. The molecule has 2 fully saturated rings. The van der Waals surface area contributed by atoms with E-state index in [2.05, 4.69) is 5.32 Å². The van der Waals surface area contributed by atoms with Crippen LogP contribution < -0.4 is 5.32 Å². The second-order valence-electron chi connectivity index (χ2n) is 3.50. The van der Waals surface area contributed by atoms with E-state index < -0.39 is 12.1 Å². The number of carbonyl (C=O) groups is 2. The number of rotatable bonds is 0. The molecule has 0 radical (unpaired) electrons. The minimum atomic E-state index is -0.446. The van der Waals surface area contributed by atoms with Crippen molar-refractivity contribution in [2.75, 3.05) is 13.1 Å². The fourth-order valence-corrected chi connectivity index (χ4v) is 1.88. The van der Waals surface area contributed by atoms with Crippen LogP contribution in [0.15, 0.2) is 0 Å². The lowest BCUT2D eigenvalue weighted by atomic mass is 9.97. The van der Waals surface area contributed by atoms with E-state index in [1.165, 1.54) is 0 Å². The maximum atomic E-state index is 11.3. The number of aliphatic hydroxyl groups is 1. The van der Waals surface area contributed by atoms with Crippen LogP contribution in [0.5, 0.6) is 0 Å². The fourth-order valence-electron chi connectivity index (χ4n) is 1.88. The number of hydrogen-bond acceptors (Lipinski definition) is 3. The van der Waals surface area contributed by atoms with E-state index in [0.29, 0.717) is 19.4 Å². The molecule has 2 aliphatic heterocycles. The summed E-state index contributed by atoms with van der Waals surface area (Å²) in [5.41, 5.74) is 0. The molecule has 2 saturated heterocycles. The third kappa shape index (κ3) is 1.39. The minimum absolute atomic E-state index is 0.0449. The maximum Gasteiger partial charge on any atom is 0.243 e. The van der Waals surface area contributed by atoms with Gasteiger partial charge in [0.1, 0.15) is 6.04 Å². The first kappa shape index (κ1) is 8.50. The smallest absolute Gasteiger partial charge is 0.243 e. The number of piperidine rings is 1. The molecule has 72 valence electrons. The molecule has 2 amide bonds. The Balaban J connectivity index is 2.15. The van der Waals surface area contributed by atoms with Gasteiger partial charge in [-0.25, -0.2) is 0 Å². The van der Waals surface area contributed by atoms with Gasteiger partial charge in [0.15, 0.2) is 0 Å². The Morgan fingerprint density at radius 3 is 3.00 bits per heavy atom. The van der Waals surface area contributed by atoms with Crippen molar-refractivity contribution in [1.82, 2.24) is 10.2 Å². The van der Waals surface area contributed by atoms with Gasteiger partial charge in [0.05, 0.1) is 12.6 Å². The standard InChI is InChI=1S/C8H12N2O3/c11-5-1-2-10-6(3-5)8(13)9-4-7(10)12/h5-6,11H,1-4H2,(H,9,13)/t5-,6+/m0/s1. The van der Waals surface area contributed by atoms with E-state index in [0.717, 1.165) is 0 Å². The number of amides is 2. The molecule has 0 spiro atoms. The summed E-state index contributed by atoms with van der Waals surface area (Å²) in [6, 6.07) is -0.440. The molecule has 2 N–H and O–H groups in total. The molecule has 2 aliphatic rings. The zero-order valence-corrected chi connectivity index (χ0v) is 7.19. The lowest BCUT2D eigenvalue weighted by Crippen LogP contribution is -2.61. The lowest BCUT2D eigenvalue weighted by molar-refractivity contribution is -0.149. The quantitative estimate of drug-likeness (QED) is 0.480.